The summed E-state index contributed by atoms with van der Waals surface area (Å²) in [5.41, 5.74) is 4.21. The van der Waals surface area contributed by atoms with Gasteiger partial charge in [-0.3, -0.25) is 0 Å². The van der Waals surface area contributed by atoms with Crippen molar-refractivity contribution in [1.82, 2.24) is 0 Å². The van der Waals surface area contributed by atoms with Crippen molar-refractivity contribution >= 4 is 0 Å². The highest BCUT2D eigenvalue weighted by Gasteiger charge is 2.25. The summed E-state index contributed by atoms with van der Waals surface area (Å²) in [5, 5.41) is 0. The molecule has 0 spiro atoms. The normalized spacial score (nSPS) is 13.0. The standard InChI is InChI=1S/C22H29FO/c1-7-8-16-9-11-18(19(13-16)15(2)22(3,4)5)20-14-17(24-6)10-12-21(20)23/h9-15H,7-8H2,1-6H3/t15-/m1/s1. The molecule has 2 heteroatoms. The number of methoxy groups -OCH3 is 1. The van der Waals surface area contributed by atoms with Crippen molar-refractivity contribution in [2.75, 3.05) is 7.11 Å². The molecule has 0 bridgehead atoms. The van der Waals surface area contributed by atoms with Crippen molar-refractivity contribution in [3.63, 3.8) is 0 Å². The lowest BCUT2D eigenvalue weighted by Crippen LogP contribution is -2.16. The van der Waals surface area contributed by atoms with Crippen LogP contribution in [0.5, 0.6) is 5.75 Å². The number of ether oxygens (including phenoxy) is 1. The first-order chi connectivity index (χ1) is 11.3. The number of hydrogen-bond acceptors (Lipinski definition) is 1. The fraction of sp³-hybridized carbons (Fsp3) is 0.455. The predicted molar refractivity (Wildman–Crippen MR) is 100 cm³/mol. The zero-order valence-electron chi connectivity index (χ0n) is 15.7. The van der Waals surface area contributed by atoms with Gasteiger partial charge in [-0.1, -0.05) is 59.2 Å². The van der Waals surface area contributed by atoms with Gasteiger partial charge in [-0.2, -0.15) is 0 Å². The lowest BCUT2D eigenvalue weighted by atomic mass is 9.75. The second-order valence-electron chi connectivity index (χ2n) is 7.61. The van der Waals surface area contributed by atoms with Gasteiger partial charge in [-0.25, -0.2) is 4.39 Å². The van der Waals surface area contributed by atoms with Crippen LogP contribution in [0.4, 0.5) is 4.39 Å². The molecule has 0 unspecified atom stereocenters. The molecule has 0 amide bonds. The molecule has 0 saturated carbocycles. The molecule has 2 rings (SSSR count). The van der Waals surface area contributed by atoms with Gasteiger partial charge >= 0.3 is 0 Å². The van der Waals surface area contributed by atoms with Crippen molar-refractivity contribution in [2.45, 2.75) is 53.4 Å². The Bertz CT molecular complexity index is 698. The number of hydrogen-bond donors (Lipinski definition) is 0. The van der Waals surface area contributed by atoms with Gasteiger partial charge in [0.05, 0.1) is 7.11 Å². The van der Waals surface area contributed by atoms with Crippen LogP contribution >= 0.6 is 0 Å². The molecule has 0 aromatic heterocycles. The van der Waals surface area contributed by atoms with Gasteiger partial charge in [0.25, 0.3) is 0 Å². The minimum atomic E-state index is -0.207. The molecule has 130 valence electrons. The molecule has 24 heavy (non-hydrogen) atoms. The Morgan fingerprint density at radius 2 is 1.75 bits per heavy atom. The Morgan fingerprint density at radius 1 is 1.04 bits per heavy atom. The van der Waals surface area contributed by atoms with Crippen LogP contribution in [0.1, 0.15) is 58.1 Å². The van der Waals surface area contributed by atoms with Crippen LogP contribution in [-0.2, 0) is 6.42 Å². The smallest absolute Gasteiger partial charge is 0.131 e. The summed E-state index contributed by atoms with van der Waals surface area (Å²) in [6.07, 6.45) is 2.15. The third-order valence-electron chi connectivity index (χ3n) is 4.88. The maximum atomic E-state index is 14.5. The van der Waals surface area contributed by atoms with Crippen LogP contribution in [-0.4, -0.2) is 7.11 Å². The van der Waals surface area contributed by atoms with Crippen molar-refractivity contribution in [2.24, 2.45) is 5.41 Å². The average Bonchev–Trinajstić information content (AvgIpc) is 2.54. The molecule has 2 aromatic rings. The number of aryl methyl sites for hydroxylation is 1. The second kappa shape index (κ2) is 7.38. The van der Waals surface area contributed by atoms with Crippen LogP contribution < -0.4 is 4.74 Å². The van der Waals surface area contributed by atoms with Crippen LogP contribution in [0.2, 0.25) is 0 Å². The molecule has 0 aliphatic rings. The lowest BCUT2D eigenvalue weighted by molar-refractivity contribution is 0.340. The molecular weight excluding hydrogens is 299 g/mol. The number of halogens is 1. The maximum Gasteiger partial charge on any atom is 0.131 e. The van der Waals surface area contributed by atoms with Crippen LogP contribution in [0.3, 0.4) is 0 Å². The third-order valence-corrected chi connectivity index (χ3v) is 4.88. The first-order valence-corrected chi connectivity index (χ1v) is 8.74. The molecule has 0 N–H and O–H groups in total. The highest BCUT2D eigenvalue weighted by Crippen LogP contribution is 2.41. The fourth-order valence-electron chi connectivity index (χ4n) is 2.96. The second-order valence-corrected chi connectivity index (χ2v) is 7.61. The van der Waals surface area contributed by atoms with Crippen LogP contribution in [0.15, 0.2) is 36.4 Å². The summed E-state index contributed by atoms with van der Waals surface area (Å²) in [4.78, 5) is 0. The summed E-state index contributed by atoms with van der Waals surface area (Å²) >= 11 is 0. The number of benzene rings is 2. The van der Waals surface area contributed by atoms with E-state index in [1.807, 2.05) is 0 Å². The van der Waals surface area contributed by atoms with Gasteiger partial charge in [0, 0.05) is 5.56 Å². The Kier molecular flexibility index (Phi) is 5.69. The van der Waals surface area contributed by atoms with E-state index in [-0.39, 0.29) is 11.2 Å². The quantitative estimate of drug-likeness (QED) is 0.600. The average molecular weight is 328 g/mol. The first-order valence-electron chi connectivity index (χ1n) is 8.74. The van der Waals surface area contributed by atoms with E-state index in [1.54, 1.807) is 19.2 Å². The fourth-order valence-corrected chi connectivity index (χ4v) is 2.96. The molecule has 0 aliphatic carbocycles. The first kappa shape index (κ1) is 18.5. The third kappa shape index (κ3) is 3.98. The topological polar surface area (TPSA) is 9.23 Å². The van der Waals surface area contributed by atoms with Gasteiger partial charge in [-0.05, 0) is 52.6 Å². The SMILES string of the molecule is CCCc1ccc(-c2cc(OC)ccc2F)c([C@@H](C)C(C)(C)C)c1. The van der Waals surface area contributed by atoms with E-state index in [4.69, 9.17) is 4.74 Å². The molecule has 0 radical (unpaired) electrons. The van der Waals surface area contributed by atoms with Gasteiger partial charge < -0.3 is 4.74 Å². The summed E-state index contributed by atoms with van der Waals surface area (Å²) in [6, 6.07) is 11.4. The predicted octanol–water partition coefficient (Wildman–Crippen LogP) is 6.60. The van der Waals surface area contributed by atoms with Crippen molar-refractivity contribution in [3.8, 4) is 16.9 Å². The monoisotopic (exact) mass is 328 g/mol. The van der Waals surface area contributed by atoms with Crippen molar-refractivity contribution < 1.29 is 9.13 Å². The van der Waals surface area contributed by atoms with Crippen molar-refractivity contribution in [1.29, 1.82) is 0 Å². The van der Waals surface area contributed by atoms with E-state index >= 15 is 0 Å². The summed E-state index contributed by atoms with van der Waals surface area (Å²) in [6.45, 7) is 11.1. The molecule has 2 aromatic carbocycles. The van der Waals surface area contributed by atoms with E-state index in [9.17, 15) is 4.39 Å². The zero-order chi connectivity index (χ0) is 17.9. The van der Waals surface area contributed by atoms with E-state index in [0.717, 1.165) is 18.4 Å². The minimum absolute atomic E-state index is 0.106. The Labute approximate surface area is 145 Å². The number of rotatable bonds is 5. The summed E-state index contributed by atoms with van der Waals surface area (Å²) in [7, 11) is 1.61. The Balaban J connectivity index is 2.65. The largest absolute Gasteiger partial charge is 0.497 e. The minimum Gasteiger partial charge on any atom is -0.497 e. The highest BCUT2D eigenvalue weighted by molar-refractivity contribution is 5.70. The molecule has 1 nitrogen and oxygen atoms in total. The lowest BCUT2D eigenvalue weighted by Gasteiger charge is -2.30. The molecule has 0 saturated heterocycles. The van der Waals surface area contributed by atoms with Gasteiger partial charge in [-0.15, -0.1) is 0 Å². The molecular formula is C22H29FO. The summed E-state index contributed by atoms with van der Waals surface area (Å²) in [5.74, 6) is 0.787. The summed E-state index contributed by atoms with van der Waals surface area (Å²) < 4.78 is 19.8. The van der Waals surface area contributed by atoms with E-state index in [1.165, 1.54) is 17.2 Å². The van der Waals surface area contributed by atoms with Crippen LogP contribution in [0.25, 0.3) is 11.1 Å². The van der Waals surface area contributed by atoms with E-state index in [2.05, 4.69) is 52.8 Å². The molecule has 0 fully saturated rings. The van der Waals surface area contributed by atoms with Crippen LogP contribution in [0, 0.1) is 11.2 Å². The zero-order valence-corrected chi connectivity index (χ0v) is 15.7. The highest BCUT2D eigenvalue weighted by atomic mass is 19.1. The maximum absolute atomic E-state index is 14.5. The van der Waals surface area contributed by atoms with E-state index in [0.29, 0.717) is 17.2 Å². The Hall–Kier alpha value is -1.83. The van der Waals surface area contributed by atoms with Gasteiger partial charge in [0.15, 0.2) is 0 Å². The van der Waals surface area contributed by atoms with Gasteiger partial charge in [0.1, 0.15) is 11.6 Å². The molecule has 1 atom stereocenters. The van der Waals surface area contributed by atoms with Crippen molar-refractivity contribution in [3.05, 3.63) is 53.3 Å². The molecule has 0 aliphatic heterocycles. The van der Waals surface area contributed by atoms with E-state index < -0.39 is 0 Å². The Morgan fingerprint density at radius 3 is 2.33 bits per heavy atom. The molecule has 0 heterocycles. The van der Waals surface area contributed by atoms with Gasteiger partial charge in [0.2, 0.25) is 0 Å².